The minimum Gasteiger partial charge on any atom is -0.444 e. The Morgan fingerprint density at radius 3 is 2.81 bits per heavy atom. The Balaban J connectivity index is 1.42. The molecule has 1 unspecified atom stereocenters. The highest BCUT2D eigenvalue weighted by Crippen LogP contribution is 2.28. The molecular weight excluding hydrogens is 388 g/mol. The van der Waals surface area contributed by atoms with E-state index in [9.17, 15) is 4.79 Å². The molecule has 31 heavy (non-hydrogen) atoms. The zero-order valence-electron chi connectivity index (χ0n) is 17.8. The van der Waals surface area contributed by atoms with Crippen molar-refractivity contribution < 1.29 is 9.53 Å². The van der Waals surface area contributed by atoms with Crippen LogP contribution in [0.3, 0.4) is 0 Å². The van der Waals surface area contributed by atoms with E-state index in [1.165, 1.54) is 5.56 Å². The molecule has 1 saturated heterocycles. The fourth-order valence-corrected chi connectivity index (χ4v) is 3.79. The average Bonchev–Trinajstić information content (AvgIpc) is 3.22. The van der Waals surface area contributed by atoms with Gasteiger partial charge in [0, 0.05) is 24.0 Å². The van der Waals surface area contributed by atoms with Crippen LogP contribution in [0.15, 0.2) is 61.1 Å². The summed E-state index contributed by atoms with van der Waals surface area (Å²) in [4.78, 5) is 23.4. The first kappa shape index (κ1) is 20.6. The van der Waals surface area contributed by atoms with Crippen LogP contribution in [0.25, 0.3) is 17.0 Å². The summed E-state index contributed by atoms with van der Waals surface area (Å²) in [6.07, 6.45) is 3.51. The summed E-state index contributed by atoms with van der Waals surface area (Å²) in [6, 6.07) is 13.8. The number of hydrogen-bond acceptors (Lipinski definition) is 5. The zero-order valence-corrected chi connectivity index (χ0v) is 17.8. The lowest BCUT2D eigenvalue weighted by Crippen LogP contribution is -2.27. The molecule has 4 rings (SSSR count). The monoisotopic (exact) mass is 414 g/mol. The van der Waals surface area contributed by atoms with Gasteiger partial charge in [0.2, 0.25) is 0 Å². The number of amides is 1. The van der Waals surface area contributed by atoms with Crippen molar-refractivity contribution in [2.24, 2.45) is 0 Å². The lowest BCUT2D eigenvalue weighted by atomic mass is 10.0. The summed E-state index contributed by atoms with van der Waals surface area (Å²) in [6.45, 7) is 9.27. The molecule has 1 fully saturated rings. The summed E-state index contributed by atoms with van der Waals surface area (Å²) in [7, 11) is 0. The van der Waals surface area contributed by atoms with Gasteiger partial charge >= 0.3 is 6.09 Å². The number of aromatic nitrogens is 2. The Kier molecular flexibility index (Phi) is 6.01. The van der Waals surface area contributed by atoms with E-state index in [-0.39, 0.29) is 6.10 Å². The Morgan fingerprint density at radius 2 is 2.06 bits per heavy atom. The van der Waals surface area contributed by atoms with E-state index in [2.05, 4.69) is 46.3 Å². The van der Waals surface area contributed by atoms with E-state index >= 15 is 0 Å². The third-order valence-corrected chi connectivity index (χ3v) is 5.45. The van der Waals surface area contributed by atoms with Crippen LogP contribution in [0.5, 0.6) is 0 Å². The molecule has 3 aromatic rings. The molecule has 0 radical (unpaired) electrons. The first-order valence-electron chi connectivity index (χ1n) is 10.5. The van der Waals surface area contributed by atoms with Gasteiger partial charge < -0.3 is 9.64 Å². The van der Waals surface area contributed by atoms with E-state index < -0.39 is 6.09 Å². The lowest BCUT2D eigenvalue weighted by Gasteiger charge is -2.19. The summed E-state index contributed by atoms with van der Waals surface area (Å²) < 4.78 is 5.66. The maximum absolute atomic E-state index is 12.4. The molecule has 1 amide bonds. The molecule has 158 valence electrons. The molecule has 2 aromatic carbocycles. The molecule has 1 atom stereocenters. The highest BCUT2D eigenvalue weighted by Gasteiger charge is 2.27. The van der Waals surface area contributed by atoms with E-state index in [0.717, 1.165) is 40.9 Å². The van der Waals surface area contributed by atoms with Crippen LogP contribution in [-0.2, 0) is 4.74 Å². The van der Waals surface area contributed by atoms with E-state index in [0.29, 0.717) is 12.5 Å². The van der Waals surface area contributed by atoms with Gasteiger partial charge in [-0.1, -0.05) is 38.6 Å². The molecule has 6 nitrogen and oxygen atoms in total. The number of carbonyl (C=O) groups is 1. The maximum Gasteiger partial charge on any atom is 0.411 e. The van der Waals surface area contributed by atoms with Crippen molar-refractivity contribution in [3.05, 3.63) is 72.2 Å². The van der Waals surface area contributed by atoms with Crippen LogP contribution in [0.2, 0.25) is 0 Å². The average molecular weight is 415 g/mol. The van der Waals surface area contributed by atoms with Crippen molar-refractivity contribution >= 4 is 34.6 Å². The van der Waals surface area contributed by atoms with E-state index in [1.54, 1.807) is 6.33 Å². The van der Waals surface area contributed by atoms with Gasteiger partial charge in [-0.05, 0) is 47.4 Å². The van der Waals surface area contributed by atoms with Crippen molar-refractivity contribution in [1.82, 2.24) is 9.97 Å². The number of carbonyl (C=O) groups excluding carboxylic acids is 1. The van der Waals surface area contributed by atoms with Gasteiger partial charge in [0.15, 0.2) is 0 Å². The molecule has 0 spiro atoms. The highest BCUT2D eigenvalue weighted by atomic mass is 16.6. The molecule has 1 aliphatic heterocycles. The van der Waals surface area contributed by atoms with Gasteiger partial charge in [-0.15, -0.1) is 5.73 Å². The first-order valence-corrected chi connectivity index (χ1v) is 10.5. The minimum absolute atomic E-state index is 0.198. The number of benzene rings is 2. The topological polar surface area (TPSA) is 67.3 Å². The Bertz CT molecular complexity index is 1130. The van der Waals surface area contributed by atoms with Crippen LogP contribution in [0.4, 0.5) is 16.3 Å². The van der Waals surface area contributed by atoms with Crippen molar-refractivity contribution in [3.8, 4) is 0 Å². The smallest absolute Gasteiger partial charge is 0.411 e. The molecule has 1 aliphatic rings. The quantitative estimate of drug-likeness (QED) is 0.568. The van der Waals surface area contributed by atoms with Gasteiger partial charge in [0.05, 0.1) is 12.1 Å². The molecule has 1 aromatic heterocycles. The second-order valence-electron chi connectivity index (χ2n) is 7.99. The normalized spacial score (nSPS) is 15.7. The maximum atomic E-state index is 12.4. The second-order valence-corrected chi connectivity index (χ2v) is 7.99. The molecule has 6 heteroatoms. The van der Waals surface area contributed by atoms with Crippen molar-refractivity contribution in [3.63, 3.8) is 0 Å². The van der Waals surface area contributed by atoms with Gasteiger partial charge in [0.1, 0.15) is 18.2 Å². The number of ether oxygens (including phenoxy) is 1. The fraction of sp³-hybridized carbons (Fsp3) is 0.280. The molecule has 0 saturated carbocycles. The Morgan fingerprint density at radius 1 is 1.26 bits per heavy atom. The van der Waals surface area contributed by atoms with Crippen LogP contribution >= 0.6 is 0 Å². The Hall–Kier alpha value is -3.63. The minimum atomic E-state index is -0.435. The summed E-state index contributed by atoms with van der Waals surface area (Å²) >= 11 is 0. The van der Waals surface area contributed by atoms with Crippen LogP contribution in [0, 0.1) is 0 Å². The predicted molar refractivity (Wildman–Crippen MR) is 124 cm³/mol. The van der Waals surface area contributed by atoms with E-state index in [4.69, 9.17) is 4.74 Å². The fourth-order valence-electron chi connectivity index (χ4n) is 3.79. The predicted octanol–water partition coefficient (Wildman–Crippen LogP) is 5.38. The highest BCUT2D eigenvalue weighted by molar-refractivity contribution is 5.91. The first-order chi connectivity index (χ1) is 15.0. The Labute approximate surface area is 182 Å². The van der Waals surface area contributed by atoms with Crippen molar-refractivity contribution in [2.45, 2.75) is 32.3 Å². The zero-order chi connectivity index (χ0) is 21.8. The SMILES string of the molecule is C=C=Cc1ccc2ncnc(N3CCC(OC(=O)Nc4ccc(C(C)C)cc4)C3)c2c1. The van der Waals surface area contributed by atoms with Gasteiger partial charge in [0.25, 0.3) is 0 Å². The van der Waals surface area contributed by atoms with Crippen molar-refractivity contribution in [1.29, 1.82) is 0 Å². The molecule has 1 N–H and O–H groups in total. The summed E-state index contributed by atoms with van der Waals surface area (Å²) in [5.41, 5.74) is 6.63. The summed E-state index contributed by atoms with van der Waals surface area (Å²) in [5.74, 6) is 1.30. The molecule has 2 heterocycles. The number of hydrogen-bond donors (Lipinski definition) is 1. The standard InChI is InChI=1S/C25H26N4O2/c1-4-5-18-6-11-23-22(14-18)24(27-16-26-23)29-13-12-21(15-29)31-25(30)28-20-9-7-19(8-10-20)17(2)3/h5-11,14,16-17,21H,1,12-13,15H2,2-3H3,(H,28,30). The van der Waals surface area contributed by atoms with E-state index in [1.807, 2.05) is 48.5 Å². The number of nitrogens with zero attached hydrogens (tertiary/aromatic N) is 3. The van der Waals surface area contributed by atoms with Gasteiger partial charge in [-0.25, -0.2) is 14.8 Å². The van der Waals surface area contributed by atoms with Gasteiger partial charge in [-0.2, -0.15) is 0 Å². The number of fused-ring (bicyclic) bond motifs is 1. The second kappa shape index (κ2) is 9.02. The number of rotatable bonds is 5. The lowest BCUT2D eigenvalue weighted by molar-refractivity contribution is 0.122. The van der Waals surface area contributed by atoms with Crippen LogP contribution < -0.4 is 10.2 Å². The summed E-state index contributed by atoms with van der Waals surface area (Å²) in [5, 5.41) is 3.78. The third-order valence-electron chi connectivity index (χ3n) is 5.45. The molecule has 0 bridgehead atoms. The number of anilines is 2. The molecule has 0 aliphatic carbocycles. The largest absolute Gasteiger partial charge is 0.444 e. The van der Waals surface area contributed by atoms with Crippen molar-refractivity contribution in [2.75, 3.05) is 23.3 Å². The number of nitrogens with one attached hydrogen (secondary N) is 1. The third kappa shape index (κ3) is 4.76. The van der Waals surface area contributed by atoms with Gasteiger partial charge in [-0.3, -0.25) is 5.32 Å². The van der Waals surface area contributed by atoms with Crippen LogP contribution in [0.1, 0.15) is 37.3 Å². The van der Waals surface area contributed by atoms with Crippen LogP contribution in [-0.4, -0.2) is 35.3 Å². The molecular formula is C25H26N4O2.